The Hall–Kier alpha value is -3.20. The minimum absolute atomic E-state index is 0.196. The van der Waals surface area contributed by atoms with Gasteiger partial charge in [-0.15, -0.1) is 0 Å². The van der Waals surface area contributed by atoms with Crippen LogP contribution < -0.4 is 10.6 Å². The van der Waals surface area contributed by atoms with Gasteiger partial charge in [0.2, 0.25) is 0 Å². The monoisotopic (exact) mass is 561 g/mol. The number of ether oxygens (including phenoxy) is 1. The van der Waals surface area contributed by atoms with Crippen molar-refractivity contribution in [1.29, 1.82) is 0 Å². The standard InChI is InChI=1S/C21H13ClF9N3O3/c22-12-2-1-8(19(23,24)25)5-13(12)33-9-6-10-14(11(7-9)20(26,27)28)17(35)34-4-3-32-16(15(10)34)37-18(36)21(29,30)31/h1-2,5-7,15-16,32-33H,3-4H2/t15-,16?/m1/s1. The molecule has 0 radical (unpaired) electrons. The van der Waals surface area contributed by atoms with E-state index in [4.69, 9.17) is 11.6 Å². The van der Waals surface area contributed by atoms with E-state index in [2.05, 4.69) is 15.4 Å². The summed E-state index contributed by atoms with van der Waals surface area (Å²) in [6, 6.07) is 1.91. The topological polar surface area (TPSA) is 70.7 Å². The first-order valence-electron chi connectivity index (χ1n) is 10.2. The molecule has 1 fully saturated rings. The maximum atomic E-state index is 14.0. The van der Waals surface area contributed by atoms with Gasteiger partial charge in [-0.3, -0.25) is 10.1 Å². The number of nitrogens with one attached hydrogen (secondary N) is 2. The summed E-state index contributed by atoms with van der Waals surface area (Å²) in [4.78, 5) is 25.1. The molecule has 0 aromatic heterocycles. The molecule has 2 aliphatic rings. The molecule has 1 unspecified atom stereocenters. The van der Waals surface area contributed by atoms with Crippen LogP contribution in [-0.4, -0.2) is 42.3 Å². The fraction of sp³-hybridized carbons (Fsp3) is 0.333. The highest BCUT2D eigenvalue weighted by molar-refractivity contribution is 6.33. The number of anilines is 2. The smallest absolute Gasteiger partial charge is 0.437 e. The number of nitrogens with zero attached hydrogens (tertiary/aromatic N) is 1. The number of rotatable bonds is 3. The van der Waals surface area contributed by atoms with Crippen molar-refractivity contribution in [2.45, 2.75) is 30.8 Å². The Morgan fingerprint density at radius 1 is 1.03 bits per heavy atom. The molecule has 0 saturated carbocycles. The fourth-order valence-electron chi connectivity index (χ4n) is 4.12. The lowest BCUT2D eigenvalue weighted by atomic mass is 9.96. The highest BCUT2D eigenvalue weighted by Gasteiger charge is 2.52. The molecule has 0 aliphatic carbocycles. The van der Waals surface area contributed by atoms with Gasteiger partial charge < -0.3 is 15.0 Å². The number of esters is 1. The zero-order chi connectivity index (χ0) is 27.5. The third-order valence-electron chi connectivity index (χ3n) is 5.63. The minimum atomic E-state index is -5.42. The van der Waals surface area contributed by atoms with Gasteiger partial charge in [-0.25, -0.2) is 4.79 Å². The number of carbonyl (C=O) groups is 2. The number of fused-ring (bicyclic) bond motifs is 3. The first-order chi connectivity index (χ1) is 17.0. The number of halogens is 10. The summed E-state index contributed by atoms with van der Waals surface area (Å²) in [7, 11) is 0. The van der Waals surface area contributed by atoms with E-state index < -0.39 is 76.3 Å². The Bertz CT molecular complexity index is 1260. The third-order valence-corrected chi connectivity index (χ3v) is 5.96. The molecule has 37 heavy (non-hydrogen) atoms. The Balaban J connectivity index is 1.82. The molecule has 200 valence electrons. The predicted octanol–water partition coefficient (Wildman–Crippen LogP) is 5.65. The number of benzene rings is 2. The van der Waals surface area contributed by atoms with E-state index in [1.807, 2.05) is 0 Å². The molecule has 4 rings (SSSR count). The summed E-state index contributed by atoms with van der Waals surface area (Å²) in [5, 5.41) is 4.50. The summed E-state index contributed by atoms with van der Waals surface area (Å²) in [5.74, 6) is -3.79. The molecule has 0 bridgehead atoms. The van der Waals surface area contributed by atoms with Crippen LogP contribution in [-0.2, 0) is 21.9 Å². The van der Waals surface area contributed by atoms with Crippen LogP contribution in [0.15, 0.2) is 30.3 Å². The number of piperazine rings is 1. The first kappa shape index (κ1) is 26.9. The van der Waals surface area contributed by atoms with E-state index >= 15 is 0 Å². The van der Waals surface area contributed by atoms with E-state index in [-0.39, 0.29) is 18.1 Å². The molecule has 2 aliphatic heterocycles. The van der Waals surface area contributed by atoms with Crippen LogP contribution in [0.5, 0.6) is 0 Å². The van der Waals surface area contributed by atoms with Gasteiger partial charge in [-0.1, -0.05) is 11.6 Å². The van der Waals surface area contributed by atoms with Gasteiger partial charge in [0.25, 0.3) is 5.91 Å². The van der Waals surface area contributed by atoms with Crippen molar-refractivity contribution in [2.75, 3.05) is 18.4 Å². The van der Waals surface area contributed by atoms with Gasteiger partial charge in [0.05, 0.1) is 27.4 Å². The molecular weight excluding hydrogens is 549 g/mol. The van der Waals surface area contributed by atoms with Crippen molar-refractivity contribution < 1.29 is 53.8 Å². The lowest BCUT2D eigenvalue weighted by Gasteiger charge is -2.37. The average molecular weight is 562 g/mol. The lowest BCUT2D eigenvalue weighted by molar-refractivity contribution is -0.210. The average Bonchev–Trinajstić information content (AvgIpc) is 3.05. The van der Waals surface area contributed by atoms with Crippen LogP contribution in [0.2, 0.25) is 5.02 Å². The van der Waals surface area contributed by atoms with Gasteiger partial charge in [0, 0.05) is 18.8 Å². The van der Waals surface area contributed by atoms with Crippen molar-refractivity contribution in [3.8, 4) is 0 Å². The Kier molecular flexibility index (Phi) is 6.51. The fourth-order valence-corrected chi connectivity index (χ4v) is 4.28. The van der Waals surface area contributed by atoms with E-state index in [1.165, 1.54) is 0 Å². The Labute approximate surface area is 206 Å². The zero-order valence-electron chi connectivity index (χ0n) is 17.9. The van der Waals surface area contributed by atoms with Gasteiger partial charge in [0.15, 0.2) is 6.23 Å². The lowest BCUT2D eigenvalue weighted by Crippen LogP contribution is -2.54. The van der Waals surface area contributed by atoms with Crippen LogP contribution in [0.25, 0.3) is 0 Å². The third kappa shape index (κ3) is 5.14. The van der Waals surface area contributed by atoms with Crippen molar-refractivity contribution in [2.24, 2.45) is 0 Å². The second-order valence-corrected chi connectivity index (χ2v) is 8.43. The summed E-state index contributed by atoms with van der Waals surface area (Å²) in [6.45, 7) is -0.421. The summed E-state index contributed by atoms with van der Waals surface area (Å²) in [5.41, 5.74) is -4.86. The van der Waals surface area contributed by atoms with E-state index in [9.17, 15) is 49.1 Å². The molecule has 6 nitrogen and oxygen atoms in total. The molecule has 1 saturated heterocycles. The van der Waals surface area contributed by atoms with Gasteiger partial charge in [0.1, 0.15) is 6.04 Å². The number of carbonyl (C=O) groups excluding carboxylic acids is 2. The van der Waals surface area contributed by atoms with Crippen molar-refractivity contribution in [3.63, 3.8) is 0 Å². The number of amides is 1. The quantitative estimate of drug-likeness (QED) is 0.374. The van der Waals surface area contributed by atoms with Crippen molar-refractivity contribution >= 4 is 34.9 Å². The van der Waals surface area contributed by atoms with Crippen molar-refractivity contribution in [1.82, 2.24) is 10.2 Å². The molecule has 2 heterocycles. The van der Waals surface area contributed by atoms with Crippen LogP contribution in [0.4, 0.5) is 50.9 Å². The van der Waals surface area contributed by atoms with Gasteiger partial charge >= 0.3 is 24.5 Å². The molecular formula is C21H13ClF9N3O3. The SMILES string of the molecule is O=C1c2c(cc(Nc3cc(C(F)(F)F)ccc3Cl)cc2C(F)(F)F)[C@@H]2C(OC(=O)C(F)(F)F)NCCN12. The van der Waals surface area contributed by atoms with Crippen LogP contribution in [0, 0.1) is 0 Å². The molecule has 2 aromatic carbocycles. The van der Waals surface area contributed by atoms with Crippen LogP contribution in [0.1, 0.15) is 33.1 Å². The number of alkyl halides is 9. The molecule has 0 spiro atoms. The summed E-state index contributed by atoms with van der Waals surface area (Å²) >= 11 is 5.91. The normalized spacial score (nSPS) is 19.9. The second kappa shape index (κ2) is 8.97. The van der Waals surface area contributed by atoms with Crippen molar-refractivity contribution in [3.05, 3.63) is 57.6 Å². The van der Waals surface area contributed by atoms with Crippen LogP contribution >= 0.6 is 11.6 Å². The maximum Gasteiger partial charge on any atom is 0.490 e. The first-order valence-corrected chi connectivity index (χ1v) is 10.6. The highest BCUT2D eigenvalue weighted by Crippen LogP contribution is 2.46. The van der Waals surface area contributed by atoms with Gasteiger partial charge in [-0.05, 0) is 35.9 Å². The zero-order valence-corrected chi connectivity index (χ0v) is 18.7. The van der Waals surface area contributed by atoms with E-state index in [0.717, 1.165) is 17.0 Å². The molecule has 2 atom stereocenters. The predicted molar refractivity (Wildman–Crippen MR) is 109 cm³/mol. The molecule has 16 heteroatoms. The largest absolute Gasteiger partial charge is 0.490 e. The molecule has 1 amide bonds. The van der Waals surface area contributed by atoms with E-state index in [0.29, 0.717) is 18.2 Å². The van der Waals surface area contributed by atoms with E-state index in [1.54, 1.807) is 0 Å². The molecule has 2 aromatic rings. The summed E-state index contributed by atoms with van der Waals surface area (Å²) in [6.07, 6.45) is -17.2. The Morgan fingerprint density at radius 2 is 1.70 bits per heavy atom. The number of hydrogen-bond acceptors (Lipinski definition) is 5. The minimum Gasteiger partial charge on any atom is -0.437 e. The number of hydrogen-bond donors (Lipinski definition) is 2. The van der Waals surface area contributed by atoms with Gasteiger partial charge in [-0.2, -0.15) is 39.5 Å². The molecule has 2 N–H and O–H groups in total. The van der Waals surface area contributed by atoms with Crippen LogP contribution in [0.3, 0.4) is 0 Å². The maximum absolute atomic E-state index is 14.0. The second-order valence-electron chi connectivity index (χ2n) is 8.02. The highest BCUT2D eigenvalue weighted by atomic mass is 35.5. The Morgan fingerprint density at radius 3 is 2.30 bits per heavy atom. The summed E-state index contributed by atoms with van der Waals surface area (Å²) < 4.78 is 124.